The minimum absolute atomic E-state index is 0.0193. The summed E-state index contributed by atoms with van der Waals surface area (Å²) < 4.78 is 0. The number of anilines is 2. The van der Waals surface area contributed by atoms with Crippen molar-refractivity contribution in [3.05, 3.63) is 84.0 Å². The minimum Gasteiger partial charge on any atom is -0.397 e. The molecule has 4 nitrogen and oxygen atoms in total. The van der Waals surface area contributed by atoms with Crippen molar-refractivity contribution in [3.8, 4) is 21.6 Å². The average molecular weight is 430 g/mol. The Hall–Kier alpha value is -3.09. The predicted molar refractivity (Wildman–Crippen MR) is 126 cm³/mol. The lowest BCUT2D eigenvalue weighted by atomic mass is 10.0. The van der Waals surface area contributed by atoms with Crippen LogP contribution in [0.3, 0.4) is 0 Å². The summed E-state index contributed by atoms with van der Waals surface area (Å²) in [5, 5.41) is 4.91. The number of hydrogen-bond acceptors (Lipinski definition) is 5. The first kappa shape index (κ1) is 18.9. The number of pyridine rings is 1. The first-order chi connectivity index (χ1) is 14.7. The van der Waals surface area contributed by atoms with Crippen LogP contribution in [0, 0.1) is 0 Å². The number of nitrogen functional groups attached to an aromatic ring is 1. The summed E-state index contributed by atoms with van der Waals surface area (Å²) in [5.41, 5.74) is 11.8. The fourth-order valence-electron chi connectivity index (χ4n) is 3.58. The largest absolute Gasteiger partial charge is 0.397 e. The molecule has 1 amide bonds. The number of nitrogens with zero attached hydrogens (tertiary/aromatic N) is 1. The van der Waals surface area contributed by atoms with Gasteiger partial charge >= 0.3 is 0 Å². The van der Waals surface area contributed by atoms with Crippen molar-refractivity contribution >= 4 is 40.4 Å². The van der Waals surface area contributed by atoms with Crippen LogP contribution in [0.1, 0.15) is 5.56 Å². The van der Waals surface area contributed by atoms with Gasteiger partial charge in [0.05, 0.1) is 16.6 Å². The van der Waals surface area contributed by atoms with Gasteiger partial charge in [-0.25, -0.2) is 0 Å². The Bertz CT molecular complexity index is 1210. The molecule has 5 rings (SSSR count). The van der Waals surface area contributed by atoms with Crippen LogP contribution in [-0.4, -0.2) is 16.1 Å². The highest BCUT2D eigenvalue weighted by Gasteiger charge is 2.29. The number of thioether (sulfide) groups is 1. The van der Waals surface area contributed by atoms with Gasteiger partial charge in [-0.3, -0.25) is 9.78 Å². The van der Waals surface area contributed by atoms with Gasteiger partial charge in [-0.2, -0.15) is 0 Å². The van der Waals surface area contributed by atoms with Gasteiger partial charge in [0.1, 0.15) is 0 Å². The Morgan fingerprint density at radius 3 is 2.73 bits per heavy atom. The third-order valence-corrected chi connectivity index (χ3v) is 7.38. The summed E-state index contributed by atoms with van der Waals surface area (Å²) in [6.07, 6.45) is 4.33. The van der Waals surface area contributed by atoms with Crippen LogP contribution < -0.4 is 11.1 Å². The van der Waals surface area contributed by atoms with E-state index in [0.29, 0.717) is 17.8 Å². The number of rotatable bonds is 4. The number of amides is 1. The first-order valence-corrected chi connectivity index (χ1v) is 11.4. The van der Waals surface area contributed by atoms with E-state index in [2.05, 4.69) is 34.6 Å². The quantitative estimate of drug-likeness (QED) is 0.408. The molecule has 0 spiro atoms. The van der Waals surface area contributed by atoms with E-state index in [1.165, 1.54) is 5.56 Å². The topological polar surface area (TPSA) is 68.0 Å². The molecule has 3 N–H and O–H groups in total. The van der Waals surface area contributed by atoms with Crippen molar-refractivity contribution in [2.75, 3.05) is 11.1 Å². The fourth-order valence-corrected chi connectivity index (χ4v) is 5.48. The molecule has 1 aliphatic rings. The number of carbonyl (C=O) groups is 1. The lowest BCUT2D eigenvalue weighted by molar-refractivity contribution is -0.115. The summed E-state index contributed by atoms with van der Waals surface area (Å²) in [6.45, 7) is 0. The van der Waals surface area contributed by atoms with E-state index in [4.69, 9.17) is 5.73 Å². The van der Waals surface area contributed by atoms with Crippen molar-refractivity contribution in [2.45, 2.75) is 16.6 Å². The molecule has 1 unspecified atom stereocenters. The van der Waals surface area contributed by atoms with Gasteiger partial charge in [0.2, 0.25) is 5.91 Å². The SMILES string of the molecule is Nc1ccc(-c2cccs2)cc1NC(=O)C1Cc2cc(-c3cccnc3)ccc2S1. The molecule has 4 aromatic rings. The Kier molecular flexibility index (Phi) is 5.02. The Balaban J connectivity index is 1.33. The van der Waals surface area contributed by atoms with Gasteiger partial charge in [0, 0.05) is 22.2 Å². The van der Waals surface area contributed by atoms with Crippen LogP contribution in [0.25, 0.3) is 21.6 Å². The highest BCUT2D eigenvalue weighted by atomic mass is 32.2. The maximum Gasteiger partial charge on any atom is 0.238 e. The van der Waals surface area contributed by atoms with Crippen molar-refractivity contribution in [1.82, 2.24) is 4.98 Å². The van der Waals surface area contributed by atoms with Gasteiger partial charge < -0.3 is 11.1 Å². The predicted octanol–water partition coefficient (Wildman–Crippen LogP) is 5.71. The third-order valence-electron chi connectivity index (χ3n) is 5.14. The molecule has 0 bridgehead atoms. The van der Waals surface area contributed by atoms with Gasteiger partial charge in [0.15, 0.2) is 0 Å². The van der Waals surface area contributed by atoms with E-state index < -0.39 is 0 Å². The Labute approximate surface area is 183 Å². The van der Waals surface area contributed by atoms with Crippen molar-refractivity contribution < 1.29 is 4.79 Å². The number of fused-ring (bicyclic) bond motifs is 1. The zero-order valence-electron chi connectivity index (χ0n) is 16.0. The monoisotopic (exact) mass is 429 g/mol. The summed E-state index contributed by atoms with van der Waals surface area (Å²) in [5.74, 6) is -0.0193. The fraction of sp³-hybridized carbons (Fsp3) is 0.0833. The second-order valence-corrected chi connectivity index (χ2v) is 9.34. The van der Waals surface area contributed by atoms with Crippen LogP contribution in [0.5, 0.6) is 0 Å². The molecule has 0 fully saturated rings. The van der Waals surface area contributed by atoms with E-state index in [0.717, 1.165) is 26.5 Å². The number of carbonyl (C=O) groups excluding carboxylic acids is 1. The van der Waals surface area contributed by atoms with Crippen LogP contribution in [-0.2, 0) is 11.2 Å². The third kappa shape index (κ3) is 3.72. The van der Waals surface area contributed by atoms with Crippen molar-refractivity contribution in [3.63, 3.8) is 0 Å². The second kappa shape index (κ2) is 7.97. The number of thiophene rings is 1. The first-order valence-electron chi connectivity index (χ1n) is 9.61. The number of aromatic nitrogens is 1. The highest BCUT2D eigenvalue weighted by molar-refractivity contribution is 8.01. The number of benzene rings is 2. The molecule has 1 atom stereocenters. The Morgan fingerprint density at radius 2 is 1.93 bits per heavy atom. The molecule has 2 aromatic carbocycles. The van der Waals surface area contributed by atoms with Gasteiger partial charge in [0.25, 0.3) is 0 Å². The molecule has 6 heteroatoms. The normalized spacial score (nSPS) is 15.0. The van der Waals surface area contributed by atoms with Crippen LogP contribution >= 0.6 is 23.1 Å². The maximum absolute atomic E-state index is 13.0. The lowest BCUT2D eigenvalue weighted by Crippen LogP contribution is -2.25. The molecule has 0 saturated heterocycles. The molecular formula is C24H19N3OS2. The van der Waals surface area contributed by atoms with Crippen molar-refractivity contribution in [1.29, 1.82) is 0 Å². The molecule has 148 valence electrons. The number of nitrogens with two attached hydrogens (primary N) is 1. The van der Waals surface area contributed by atoms with Gasteiger partial charge in [-0.05, 0) is 70.5 Å². The molecule has 3 heterocycles. The van der Waals surface area contributed by atoms with E-state index >= 15 is 0 Å². The van der Waals surface area contributed by atoms with Gasteiger partial charge in [-0.15, -0.1) is 23.1 Å². The van der Waals surface area contributed by atoms with E-state index in [-0.39, 0.29) is 11.2 Å². The molecule has 30 heavy (non-hydrogen) atoms. The highest BCUT2D eigenvalue weighted by Crippen LogP contribution is 2.40. The maximum atomic E-state index is 13.0. The molecule has 0 saturated carbocycles. The van der Waals surface area contributed by atoms with E-state index in [9.17, 15) is 4.79 Å². The van der Waals surface area contributed by atoms with Crippen LogP contribution in [0.15, 0.2) is 83.3 Å². The molecule has 1 aliphatic heterocycles. The number of nitrogens with one attached hydrogen (secondary N) is 1. The van der Waals surface area contributed by atoms with Crippen LogP contribution in [0.2, 0.25) is 0 Å². The Morgan fingerprint density at radius 1 is 1.03 bits per heavy atom. The number of hydrogen-bond donors (Lipinski definition) is 2. The summed E-state index contributed by atoms with van der Waals surface area (Å²) >= 11 is 3.27. The minimum atomic E-state index is -0.172. The average Bonchev–Trinajstić information content (AvgIpc) is 3.45. The van der Waals surface area contributed by atoms with Gasteiger partial charge in [-0.1, -0.05) is 24.3 Å². The summed E-state index contributed by atoms with van der Waals surface area (Å²) in [6, 6.07) is 20.2. The van der Waals surface area contributed by atoms with E-state index in [1.807, 2.05) is 48.0 Å². The summed E-state index contributed by atoms with van der Waals surface area (Å²) in [4.78, 5) is 19.5. The molecule has 0 radical (unpaired) electrons. The van der Waals surface area contributed by atoms with Crippen LogP contribution in [0.4, 0.5) is 11.4 Å². The zero-order chi connectivity index (χ0) is 20.5. The van der Waals surface area contributed by atoms with Crippen molar-refractivity contribution in [2.24, 2.45) is 0 Å². The zero-order valence-corrected chi connectivity index (χ0v) is 17.7. The molecular weight excluding hydrogens is 410 g/mol. The molecule has 2 aromatic heterocycles. The standard InChI is InChI=1S/C24H19N3OS2/c25-19-7-5-16(21-4-2-10-29-21)12-20(19)27-24(28)23-13-18-11-15(6-8-22(18)30-23)17-3-1-9-26-14-17/h1-12,14,23H,13,25H2,(H,27,28). The smallest absolute Gasteiger partial charge is 0.238 e. The molecule has 0 aliphatic carbocycles. The van der Waals surface area contributed by atoms with E-state index in [1.54, 1.807) is 29.3 Å². The second-order valence-electron chi connectivity index (χ2n) is 7.14. The summed E-state index contributed by atoms with van der Waals surface area (Å²) in [7, 11) is 0. The lowest BCUT2D eigenvalue weighted by Gasteiger charge is -2.13.